The lowest BCUT2D eigenvalue weighted by atomic mass is 10.1. The molecule has 162 valence electrons. The number of halogens is 3. The van der Waals surface area contributed by atoms with E-state index in [4.69, 9.17) is 10.00 Å². The lowest BCUT2D eigenvalue weighted by Crippen LogP contribution is -2.11. The van der Waals surface area contributed by atoms with Gasteiger partial charge in [-0.3, -0.25) is 15.1 Å². The molecule has 0 bridgehead atoms. The third-order valence-corrected chi connectivity index (χ3v) is 4.88. The minimum atomic E-state index is -4.63. The molecule has 1 saturated carbocycles. The zero-order valence-corrected chi connectivity index (χ0v) is 16.6. The summed E-state index contributed by atoms with van der Waals surface area (Å²) in [5, 5.41) is 20.6. The lowest BCUT2D eigenvalue weighted by Gasteiger charge is -2.16. The van der Waals surface area contributed by atoms with Crippen molar-refractivity contribution < 1.29 is 22.8 Å². The molecule has 0 saturated heterocycles. The number of nitro groups is 1. The van der Waals surface area contributed by atoms with Gasteiger partial charge in [-0.2, -0.15) is 18.4 Å². The Morgan fingerprint density at radius 3 is 2.59 bits per heavy atom. The second-order valence-electron chi connectivity index (χ2n) is 7.24. The molecule has 0 unspecified atom stereocenters. The molecule has 0 radical (unpaired) electrons. The van der Waals surface area contributed by atoms with Crippen LogP contribution in [0.2, 0.25) is 0 Å². The second-order valence-corrected chi connectivity index (χ2v) is 7.24. The molecule has 32 heavy (non-hydrogen) atoms. The van der Waals surface area contributed by atoms with Crippen LogP contribution in [-0.4, -0.2) is 19.9 Å². The highest BCUT2D eigenvalue weighted by Crippen LogP contribution is 2.48. The van der Waals surface area contributed by atoms with E-state index in [0.717, 1.165) is 6.07 Å². The molecule has 0 spiro atoms. The highest BCUT2D eigenvalue weighted by atomic mass is 19.4. The van der Waals surface area contributed by atoms with Crippen LogP contribution in [0.15, 0.2) is 36.7 Å². The summed E-state index contributed by atoms with van der Waals surface area (Å²) in [5.41, 5.74) is -0.312. The van der Waals surface area contributed by atoms with Gasteiger partial charge in [-0.05, 0) is 43.9 Å². The smallest absolute Gasteiger partial charge is 0.431 e. The van der Waals surface area contributed by atoms with Crippen LogP contribution in [0.1, 0.15) is 41.3 Å². The van der Waals surface area contributed by atoms with E-state index in [1.54, 1.807) is 0 Å². The third kappa shape index (κ3) is 4.20. The number of ether oxygens (including phenoxy) is 1. The molecule has 4 rings (SSSR count). The molecule has 0 aromatic carbocycles. The van der Waals surface area contributed by atoms with Gasteiger partial charge < -0.3 is 4.74 Å². The predicted octanol–water partition coefficient (Wildman–Crippen LogP) is 5.32. The third-order valence-electron chi connectivity index (χ3n) is 4.88. The molecular weight excluding hydrogens is 427 g/mol. The molecule has 0 N–H and O–H groups in total. The standard InChI is InChI=1S/C21H14F3N5O3/c1-11-19(15(13-2-3-13)7-18(27-11)21(22,23)24)32-20-17(29(30)31)5-4-16(28-20)14-6-12(8-25)9-26-10-14/h4-7,9-10,13H,2-3H2,1H3. The summed E-state index contributed by atoms with van der Waals surface area (Å²) in [5.74, 6) is -0.509. The van der Waals surface area contributed by atoms with Crippen LogP contribution in [0.5, 0.6) is 11.6 Å². The molecule has 1 aliphatic carbocycles. The van der Waals surface area contributed by atoms with Crippen LogP contribution in [0.4, 0.5) is 18.9 Å². The molecule has 8 nitrogen and oxygen atoms in total. The Morgan fingerprint density at radius 2 is 1.97 bits per heavy atom. The van der Waals surface area contributed by atoms with Crippen molar-refractivity contribution >= 4 is 5.69 Å². The molecule has 3 aromatic rings. The van der Waals surface area contributed by atoms with Crippen molar-refractivity contribution in [2.24, 2.45) is 0 Å². The fraction of sp³-hybridized carbons (Fsp3) is 0.238. The number of hydrogen-bond acceptors (Lipinski definition) is 7. The van der Waals surface area contributed by atoms with Gasteiger partial charge in [0.25, 0.3) is 5.88 Å². The molecule has 11 heteroatoms. The molecular formula is C21H14F3N5O3. The van der Waals surface area contributed by atoms with Crippen molar-refractivity contribution in [1.82, 2.24) is 15.0 Å². The van der Waals surface area contributed by atoms with Crippen molar-refractivity contribution in [3.63, 3.8) is 0 Å². The molecule has 0 atom stereocenters. The highest BCUT2D eigenvalue weighted by molar-refractivity contribution is 5.63. The van der Waals surface area contributed by atoms with Gasteiger partial charge >= 0.3 is 11.9 Å². The Kier molecular flexibility index (Phi) is 5.22. The number of alkyl halides is 3. The Labute approximate surface area is 179 Å². The van der Waals surface area contributed by atoms with Gasteiger partial charge in [0.05, 0.1) is 21.9 Å². The number of aryl methyl sites for hydroxylation is 1. The lowest BCUT2D eigenvalue weighted by molar-refractivity contribution is -0.386. The first-order valence-electron chi connectivity index (χ1n) is 9.45. The maximum atomic E-state index is 13.2. The average molecular weight is 441 g/mol. The van der Waals surface area contributed by atoms with E-state index in [2.05, 4.69) is 15.0 Å². The van der Waals surface area contributed by atoms with Crippen molar-refractivity contribution in [2.45, 2.75) is 31.9 Å². The van der Waals surface area contributed by atoms with Gasteiger partial charge in [-0.15, -0.1) is 0 Å². The Balaban J connectivity index is 1.82. The fourth-order valence-corrected chi connectivity index (χ4v) is 3.21. The summed E-state index contributed by atoms with van der Waals surface area (Å²) in [6, 6.07) is 6.93. The van der Waals surface area contributed by atoms with E-state index in [1.807, 2.05) is 6.07 Å². The molecule has 3 heterocycles. The van der Waals surface area contributed by atoms with E-state index in [0.29, 0.717) is 24.0 Å². The summed E-state index contributed by atoms with van der Waals surface area (Å²) in [7, 11) is 0. The zero-order chi connectivity index (χ0) is 23.0. The maximum absolute atomic E-state index is 13.2. The minimum absolute atomic E-state index is 0.0251. The first kappa shape index (κ1) is 21.2. The van der Waals surface area contributed by atoms with Gasteiger partial charge in [0.15, 0.2) is 5.75 Å². The van der Waals surface area contributed by atoms with Gasteiger partial charge in [-0.25, -0.2) is 9.97 Å². The molecule has 0 aliphatic heterocycles. The zero-order valence-electron chi connectivity index (χ0n) is 16.6. The Hall–Kier alpha value is -4.07. The molecule has 1 aliphatic rings. The fourth-order valence-electron chi connectivity index (χ4n) is 3.21. The van der Waals surface area contributed by atoms with E-state index < -0.39 is 22.5 Å². The number of aromatic nitrogens is 3. The predicted molar refractivity (Wildman–Crippen MR) is 105 cm³/mol. The number of nitrogens with zero attached hydrogens (tertiary/aromatic N) is 5. The van der Waals surface area contributed by atoms with E-state index in [1.165, 1.54) is 37.5 Å². The largest absolute Gasteiger partial charge is 0.433 e. The number of pyridine rings is 3. The van der Waals surface area contributed by atoms with Crippen molar-refractivity contribution in [2.75, 3.05) is 0 Å². The first-order chi connectivity index (χ1) is 15.2. The Morgan fingerprint density at radius 1 is 1.22 bits per heavy atom. The summed E-state index contributed by atoms with van der Waals surface area (Å²) < 4.78 is 45.4. The van der Waals surface area contributed by atoms with Crippen LogP contribution >= 0.6 is 0 Å². The van der Waals surface area contributed by atoms with Crippen LogP contribution in [0.25, 0.3) is 11.3 Å². The summed E-state index contributed by atoms with van der Waals surface area (Å²) in [4.78, 5) is 22.6. The monoisotopic (exact) mass is 441 g/mol. The van der Waals surface area contributed by atoms with Gasteiger partial charge in [-0.1, -0.05) is 0 Å². The van der Waals surface area contributed by atoms with E-state index in [-0.39, 0.29) is 34.5 Å². The van der Waals surface area contributed by atoms with Gasteiger partial charge in [0.1, 0.15) is 11.8 Å². The van der Waals surface area contributed by atoms with Crippen molar-refractivity contribution in [3.8, 4) is 29.0 Å². The summed E-state index contributed by atoms with van der Waals surface area (Å²) in [6.45, 7) is 1.35. The van der Waals surface area contributed by atoms with Crippen molar-refractivity contribution in [1.29, 1.82) is 5.26 Å². The number of rotatable bonds is 5. The second kappa shape index (κ2) is 7.88. The average Bonchev–Trinajstić information content (AvgIpc) is 3.59. The molecule has 1 fully saturated rings. The van der Waals surface area contributed by atoms with Gasteiger partial charge in [0, 0.05) is 29.6 Å². The summed E-state index contributed by atoms with van der Waals surface area (Å²) >= 11 is 0. The highest BCUT2D eigenvalue weighted by Gasteiger charge is 2.37. The SMILES string of the molecule is Cc1nc(C(F)(F)F)cc(C2CC2)c1Oc1nc(-c2cncc(C#N)c2)ccc1[N+](=O)[O-]. The van der Waals surface area contributed by atoms with Crippen molar-refractivity contribution in [3.05, 3.63) is 69.3 Å². The molecule has 0 amide bonds. The molecule has 3 aromatic heterocycles. The van der Waals surface area contributed by atoms with Gasteiger partial charge in [0.2, 0.25) is 0 Å². The quantitative estimate of drug-likeness (QED) is 0.389. The number of nitriles is 1. The maximum Gasteiger partial charge on any atom is 0.433 e. The number of hydrogen-bond donors (Lipinski definition) is 0. The Bertz CT molecular complexity index is 1270. The normalized spacial score (nSPS) is 13.5. The van der Waals surface area contributed by atoms with Crippen LogP contribution in [0.3, 0.4) is 0 Å². The van der Waals surface area contributed by atoms with Crippen LogP contribution in [0, 0.1) is 28.4 Å². The van der Waals surface area contributed by atoms with Crippen LogP contribution in [-0.2, 0) is 6.18 Å². The van der Waals surface area contributed by atoms with E-state index in [9.17, 15) is 23.3 Å². The topological polar surface area (TPSA) is 115 Å². The van der Waals surface area contributed by atoms with Crippen LogP contribution < -0.4 is 4.74 Å². The summed E-state index contributed by atoms with van der Waals surface area (Å²) in [6.07, 6.45) is -0.487. The van der Waals surface area contributed by atoms with E-state index >= 15 is 0 Å². The minimum Gasteiger partial charge on any atom is -0.431 e. The first-order valence-corrected chi connectivity index (χ1v) is 9.45.